The van der Waals surface area contributed by atoms with Crippen LogP contribution in [0.3, 0.4) is 0 Å². The highest BCUT2D eigenvalue weighted by atomic mass is 35.5. The van der Waals surface area contributed by atoms with E-state index in [2.05, 4.69) is 5.16 Å². The van der Waals surface area contributed by atoms with E-state index in [1.807, 2.05) is 42.5 Å². The number of carboxylic acids is 1. The van der Waals surface area contributed by atoms with Crippen molar-refractivity contribution in [2.75, 3.05) is 0 Å². The number of carbonyl (C=O) groups is 1. The van der Waals surface area contributed by atoms with Crippen LogP contribution < -0.4 is 0 Å². The van der Waals surface area contributed by atoms with E-state index >= 15 is 0 Å². The van der Waals surface area contributed by atoms with Gasteiger partial charge in [0.2, 0.25) is 6.10 Å². The van der Waals surface area contributed by atoms with Crippen molar-refractivity contribution < 1.29 is 14.7 Å². The van der Waals surface area contributed by atoms with Gasteiger partial charge in [-0.3, -0.25) is 0 Å². The van der Waals surface area contributed by atoms with Crippen molar-refractivity contribution in [3.8, 4) is 0 Å². The van der Waals surface area contributed by atoms with Gasteiger partial charge in [-0.15, -0.1) is 0 Å². The van der Waals surface area contributed by atoms with Gasteiger partial charge >= 0.3 is 5.97 Å². The molecular weight excluding hydrogens is 290 g/mol. The van der Waals surface area contributed by atoms with Gasteiger partial charge in [-0.05, 0) is 17.7 Å². The first kappa shape index (κ1) is 13.6. The molecule has 106 valence electrons. The van der Waals surface area contributed by atoms with E-state index < -0.39 is 18.0 Å². The second-order valence-corrected chi connectivity index (χ2v) is 5.17. The molecule has 0 aromatic heterocycles. The van der Waals surface area contributed by atoms with Crippen molar-refractivity contribution in [2.24, 2.45) is 5.16 Å². The number of hydrogen-bond donors (Lipinski definition) is 1. The number of carboxylic acid groups (broad SMARTS) is 1. The highest BCUT2D eigenvalue weighted by Crippen LogP contribution is 2.32. The molecule has 2 aromatic rings. The summed E-state index contributed by atoms with van der Waals surface area (Å²) >= 11 is 5.89. The summed E-state index contributed by atoms with van der Waals surface area (Å²) in [6.07, 6.45) is -1.02. The van der Waals surface area contributed by atoms with E-state index in [0.717, 1.165) is 11.1 Å². The molecule has 1 aliphatic heterocycles. The Kier molecular flexibility index (Phi) is 3.62. The summed E-state index contributed by atoms with van der Waals surface area (Å²) in [6, 6.07) is 16.5. The van der Waals surface area contributed by atoms with E-state index in [0.29, 0.717) is 10.7 Å². The molecule has 5 heteroatoms. The summed E-state index contributed by atoms with van der Waals surface area (Å²) in [7, 11) is 0. The molecular formula is C16H12ClNO3. The summed E-state index contributed by atoms with van der Waals surface area (Å²) in [6.45, 7) is 0. The minimum atomic E-state index is -1.03. The van der Waals surface area contributed by atoms with Crippen LogP contribution in [0.15, 0.2) is 59.8 Å². The van der Waals surface area contributed by atoms with Crippen molar-refractivity contribution in [1.29, 1.82) is 0 Å². The van der Waals surface area contributed by atoms with Gasteiger partial charge in [-0.2, -0.15) is 0 Å². The predicted octanol–water partition coefficient (Wildman–Crippen LogP) is 3.31. The van der Waals surface area contributed by atoms with Crippen molar-refractivity contribution in [3.63, 3.8) is 0 Å². The molecule has 0 aliphatic carbocycles. The maximum absolute atomic E-state index is 11.4. The number of rotatable bonds is 3. The van der Waals surface area contributed by atoms with Gasteiger partial charge in [0.1, 0.15) is 0 Å². The second-order valence-electron chi connectivity index (χ2n) is 4.74. The number of nitrogens with zero attached hydrogens (tertiary/aromatic N) is 1. The monoisotopic (exact) mass is 301 g/mol. The number of aliphatic carboxylic acids is 1. The Labute approximate surface area is 126 Å². The quantitative estimate of drug-likeness (QED) is 0.946. The fourth-order valence-electron chi connectivity index (χ4n) is 2.41. The van der Waals surface area contributed by atoms with Crippen LogP contribution in [0.1, 0.15) is 17.0 Å². The fourth-order valence-corrected chi connectivity index (χ4v) is 2.53. The summed E-state index contributed by atoms with van der Waals surface area (Å²) in [5.41, 5.74) is 2.26. The largest absolute Gasteiger partial charge is 0.478 e. The summed E-state index contributed by atoms with van der Waals surface area (Å²) < 4.78 is 0. The van der Waals surface area contributed by atoms with Crippen LogP contribution in [0.4, 0.5) is 0 Å². The number of oxime groups is 1. The standard InChI is InChI=1S/C16H12ClNO3/c17-12-8-6-11(7-9-12)14-13(10-4-2-1-3-5-10)15(16(19)20)21-18-14/h1-9,13,15H,(H,19,20)/t13-,15-/m0/s1. The first-order chi connectivity index (χ1) is 10.2. The minimum Gasteiger partial charge on any atom is -0.478 e. The maximum atomic E-state index is 11.4. The Morgan fingerprint density at radius 2 is 1.76 bits per heavy atom. The molecule has 1 N–H and O–H groups in total. The molecule has 0 fully saturated rings. The molecule has 2 aromatic carbocycles. The van der Waals surface area contributed by atoms with Crippen LogP contribution in [0.25, 0.3) is 0 Å². The third-order valence-corrected chi connectivity index (χ3v) is 3.66. The summed E-state index contributed by atoms with van der Waals surface area (Å²) in [5, 5.41) is 13.9. The van der Waals surface area contributed by atoms with Gasteiger partial charge in [0.25, 0.3) is 0 Å². The van der Waals surface area contributed by atoms with E-state index in [9.17, 15) is 9.90 Å². The lowest BCUT2D eigenvalue weighted by Gasteiger charge is -2.16. The molecule has 3 rings (SSSR count). The Morgan fingerprint density at radius 3 is 2.38 bits per heavy atom. The van der Waals surface area contributed by atoms with Crippen molar-refractivity contribution in [3.05, 3.63) is 70.7 Å². The topological polar surface area (TPSA) is 58.9 Å². The average Bonchev–Trinajstić information content (AvgIpc) is 2.94. The molecule has 0 saturated heterocycles. The first-order valence-electron chi connectivity index (χ1n) is 6.44. The number of benzene rings is 2. The Balaban J connectivity index is 2.03. The molecule has 0 amide bonds. The van der Waals surface area contributed by atoms with Crippen LogP contribution in [0, 0.1) is 0 Å². The van der Waals surface area contributed by atoms with Crippen LogP contribution in [-0.2, 0) is 9.63 Å². The van der Waals surface area contributed by atoms with Crippen LogP contribution in [0.2, 0.25) is 5.02 Å². The smallest absolute Gasteiger partial charge is 0.348 e. The summed E-state index contributed by atoms with van der Waals surface area (Å²) in [4.78, 5) is 16.5. The third-order valence-electron chi connectivity index (χ3n) is 3.40. The molecule has 1 heterocycles. The molecule has 0 radical (unpaired) electrons. The highest BCUT2D eigenvalue weighted by molar-refractivity contribution is 6.30. The molecule has 4 nitrogen and oxygen atoms in total. The van der Waals surface area contributed by atoms with Crippen molar-refractivity contribution in [2.45, 2.75) is 12.0 Å². The zero-order valence-electron chi connectivity index (χ0n) is 10.9. The van der Waals surface area contributed by atoms with Gasteiger partial charge in [0.15, 0.2) is 0 Å². The lowest BCUT2D eigenvalue weighted by molar-refractivity contribution is -0.149. The zero-order valence-corrected chi connectivity index (χ0v) is 11.7. The molecule has 1 aliphatic rings. The van der Waals surface area contributed by atoms with E-state index in [-0.39, 0.29) is 0 Å². The van der Waals surface area contributed by atoms with E-state index in [4.69, 9.17) is 16.4 Å². The van der Waals surface area contributed by atoms with Gasteiger partial charge in [-0.25, -0.2) is 4.79 Å². The second kappa shape index (κ2) is 5.58. The molecule has 0 unspecified atom stereocenters. The fraction of sp³-hybridized carbons (Fsp3) is 0.125. The molecule has 2 atom stereocenters. The van der Waals surface area contributed by atoms with Gasteiger partial charge in [0, 0.05) is 10.6 Å². The minimum absolute atomic E-state index is 0.440. The van der Waals surface area contributed by atoms with Crippen LogP contribution >= 0.6 is 11.6 Å². The van der Waals surface area contributed by atoms with Gasteiger partial charge in [0.05, 0.1) is 11.6 Å². The lowest BCUT2D eigenvalue weighted by Crippen LogP contribution is -2.29. The van der Waals surface area contributed by atoms with Gasteiger partial charge < -0.3 is 9.94 Å². The zero-order chi connectivity index (χ0) is 14.8. The Hall–Kier alpha value is -2.33. The van der Waals surface area contributed by atoms with E-state index in [1.165, 1.54) is 0 Å². The van der Waals surface area contributed by atoms with Crippen molar-refractivity contribution >= 4 is 23.3 Å². The van der Waals surface area contributed by atoms with Crippen LogP contribution in [0.5, 0.6) is 0 Å². The van der Waals surface area contributed by atoms with Crippen molar-refractivity contribution in [1.82, 2.24) is 0 Å². The normalized spacial score (nSPS) is 20.7. The third kappa shape index (κ3) is 2.62. The highest BCUT2D eigenvalue weighted by Gasteiger charge is 2.41. The Bertz CT molecular complexity index is 682. The van der Waals surface area contributed by atoms with Crippen LogP contribution in [-0.4, -0.2) is 22.9 Å². The van der Waals surface area contributed by atoms with E-state index in [1.54, 1.807) is 12.1 Å². The average molecular weight is 302 g/mol. The maximum Gasteiger partial charge on any atom is 0.348 e. The molecule has 0 spiro atoms. The molecule has 0 bridgehead atoms. The molecule has 0 saturated carbocycles. The Morgan fingerprint density at radius 1 is 1.10 bits per heavy atom. The summed E-state index contributed by atoms with van der Waals surface area (Å²) in [5.74, 6) is -1.47. The van der Waals surface area contributed by atoms with Gasteiger partial charge in [-0.1, -0.05) is 59.2 Å². The number of halogens is 1. The predicted molar refractivity (Wildman–Crippen MR) is 79.7 cm³/mol. The first-order valence-corrected chi connectivity index (χ1v) is 6.82. The number of hydrogen-bond acceptors (Lipinski definition) is 3. The SMILES string of the molecule is O=C(O)[C@H]1ON=C(c2ccc(Cl)cc2)[C@@H]1c1ccccc1. The molecule has 21 heavy (non-hydrogen) atoms. The lowest BCUT2D eigenvalue weighted by atomic mass is 9.86.